The highest BCUT2D eigenvalue weighted by Crippen LogP contribution is 2.03. The SMILES string of the molecule is CCOCCCNC(=O)Nc1nc2ccccn2n1. The van der Waals surface area contributed by atoms with Gasteiger partial charge in [-0.2, -0.15) is 4.98 Å². The van der Waals surface area contributed by atoms with Gasteiger partial charge < -0.3 is 10.1 Å². The zero-order chi connectivity index (χ0) is 13.5. The van der Waals surface area contributed by atoms with Gasteiger partial charge in [-0.25, -0.2) is 9.31 Å². The van der Waals surface area contributed by atoms with Crippen LogP contribution in [0.2, 0.25) is 0 Å². The number of nitrogens with one attached hydrogen (secondary N) is 2. The van der Waals surface area contributed by atoms with E-state index >= 15 is 0 Å². The van der Waals surface area contributed by atoms with Crippen LogP contribution in [-0.4, -0.2) is 40.4 Å². The van der Waals surface area contributed by atoms with E-state index in [1.54, 1.807) is 10.7 Å². The van der Waals surface area contributed by atoms with Gasteiger partial charge in [0.15, 0.2) is 5.65 Å². The molecule has 2 amide bonds. The molecule has 0 saturated carbocycles. The maximum Gasteiger partial charge on any atom is 0.321 e. The van der Waals surface area contributed by atoms with Gasteiger partial charge in [0.1, 0.15) is 0 Å². The quantitative estimate of drug-likeness (QED) is 0.769. The maximum atomic E-state index is 11.6. The number of aromatic nitrogens is 3. The predicted molar refractivity (Wildman–Crippen MR) is 71.1 cm³/mol. The first-order valence-electron chi connectivity index (χ1n) is 6.23. The first-order valence-corrected chi connectivity index (χ1v) is 6.23. The van der Waals surface area contributed by atoms with Gasteiger partial charge in [-0.1, -0.05) is 6.07 Å². The number of urea groups is 1. The molecule has 0 spiro atoms. The molecule has 0 aliphatic rings. The Hall–Kier alpha value is -2.15. The van der Waals surface area contributed by atoms with E-state index in [1.165, 1.54) is 0 Å². The monoisotopic (exact) mass is 263 g/mol. The molecule has 0 fully saturated rings. The molecule has 2 aromatic heterocycles. The van der Waals surface area contributed by atoms with Crippen molar-refractivity contribution in [2.24, 2.45) is 0 Å². The summed E-state index contributed by atoms with van der Waals surface area (Å²) >= 11 is 0. The molecule has 7 heteroatoms. The van der Waals surface area contributed by atoms with Gasteiger partial charge >= 0.3 is 6.03 Å². The molecule has 102 valence electrons. The number of hydrogen-bond donors (Lipinski definition) is 2. The van der Waals surface area contributed by atoms with Gasteiger partial charge in [0.05, 0.1) is 0 Å². The van der Waals surface area contributed by atoms with Crippen molar-refractivity contribution in [3.8, 4) is 0 Å². The van der Waals surface area contributed by atoms with Crippen molar-refractivity contribution >= 4 is 17.6 Å². The number of carbonyl (C=O) groups is 1. The summed E-state index contributed by atoms with van der Waals surface area (Å²) in [5.74, 6) is 0.286. The molecule has 2 aromatic rings. The summed E-state index contributed by atoms with van der Waals surface area (Å²) < 4.78 is 6.78. The molecule has 0 radical (unpaired) electrons. The van der Waals surface area contributed by atoms with Gasteiger partial charge in [-0.3, -0.25) is 5.32 Å². The lowest BCUT2D eigenvalue weighted by molar-refractivity contribution is 0.145. The summed E-state index contributed by atoms with van der Waals surface area (Å²) in [7, 11) is 0. The number of hydrogen-bond acceptors (Lipinski definition) is 4. The maximum absolute atomic E-state index is 11.6. The molecule has 2 N–H and O–H groups in total. The molecule has 0 aromatic carbocycles. The third kappa shape index (κ3) is 3.92. The van der Waals surface area contributed by atoms with Crippen LogP contribution < -0.4 is 10.6 Å². The van der Waals surface area contributed by atoms with Crippen LogP contribution in [-0.2, 0) is 4.74 Å². The minimum absolute atomic E-state index is 0.286. The average molecular weight is 263 g/mol. The molecule has 0 atom stereocenters. The van der Waals surface area contributed by atoms with Gasteiger partial charge in [-0.15, -0.1) is 5.10 Å². The van der Waals surface area contributed by atoms with Crippen LogP contribution in [0.15, 0.2) is 24.4 Å². The Balaban J connectivity index is 1.78. The van der Waals surface area contributed by atoms with Crippen LogP contribution in [0.3, 0.4) is 0 Å². The number of carbonyl (C=O) groups excluding carboxylic acids is 1. The van der Waals surface area contributed by atoms with E-state index in [4.69, 9.17) is 4.74 Å². The van der Waals surface area contributed by atoms with Gasteiger partial charge in [0, 0.05) is 26.0 Å². The highest BCUT2D eigenvalue weighted by molar-refractivity contribution is 5.87. The number of anilines is 1. The highest BCUT2D eigenvalue weighted by Gasteiger charge is 2.06. The molecular weight excluding hydrogens is 246 g/mol. The smallest absolute Gasteiger partial charge is 0.321 e. The molecule has 0 saturated heterocycles. The minimum Gasteiger partial charge on any atom is -0.382 e. The average Bonchev–Trinajstić information content (AvgIpc) is 2.80. The lowest BCUT2D eigenvalue weighted by Gasteiger charge is -2.04. The fourth-order valence-corrected chi connectivity index (χ4v) is 1.55. The minimum atomic E-state index is -0.313. The summed E-state index contributed by atoms with van der Waals surface area (Å²) in [4.78, 5) is 15.7. The topological polar surface area (TPSA) is 80.5 Å². The Morgan fingerprint density at radius 3 is 3.16 bits per heavy atom. The molecule has 0 aliphatic heterocycles. The van der Waals surface area contributed by atoms with Gasteiger partial charge in [0.2, 0.25) is 0 Å². The molecule has 2 rings (SSSR count). The largest absolute Gasteiger partial charge is 0.382 e. The van der Waals surface area contributed by atoms with E-state index in [0.29, 0.717) is 25.4 Å². The molecule has 0 bridgehead atoms. The second-order valence-electron chi connectivity index (χ2n) is 3.87. The fourth-order valence-electron chi connectivity index (χ4n) is 1.55. The van der Waals surface area contributed by atoms with E-state index in [1.807, 2.05) is 25.1 Å². The zero-order valence-corrected chi connectivity index (χ0v) is 10.8. The molecule has 7 nitrogen and oxygen atoms in total. The van der Waals surface area contributed by atoms with Crippen LogP contribution in [0.1, 0.15) is 13.3 Å². The summed E-state index contributed by atoms with van der Waals surface area (Å²) in [6.45, 7) is 3.83. The zero-order valence-electron chi connectivity index (χ0n) is 10.8. The normalized spacial score (nSPS) is 10.6. The lowest BCUT2D eigenvalue weighted by atomic mass is 10.4. The Kier molecular flexibility index (Phi) is 4.68. The number of fused-ring (bicyclic) bond motifs is 1. The van der Waals surface area contributed by atoms with Gasteiger partial charge in [0.25, 0.3) is 5.95 Å². The van der Waals surface area contributed by atoms with Crippen LogP contribution in [0.4, 0.5) is 10.7 Å². The fraction of sp³-hybridized carbons (Fsp3) is 0.417. The predicted octanol–water partition coefficient (Wildman–Crippen LogP) is 1.28. The van der Waals surface area contributed by atoms with Crippen LogP contribution in [0, 0.1) is 0 Å². The molecule has 19 heavy (non-hydrogen) atoms. The van der Waals surface area contributed by atoms with E-state index in [0.717, 1.165) is 6.42 Å². The number of ether oxygens (including phenoxy) is 1. The standard InChI is InChI=1S/C12H17N5O2/c1-2-19-9-5-7-13-12(18)15-11-14-10-6-3-4-8-17(10)16-11/h3-4,6,8H,2,5,7,9H2,1H3,(H2,13,15,16,18). The summed E-state index contributed by atoms with van der Waals surface area (Å²) in [5, 5.41) is 9.42. The molecule has 0 unspecified atom stereocenters. The summed E-state index contributed by atoms with van der Waals surface area (Å²) in [6, 6.07) is 5.21. The number of pyridine rings is 1. The van der Waals surface area contributed by atoms with Crippen molar-refractivity contribution in [2.75, 3.05) is 25.1 Å². The van der Waals surface area contributed by atoms with Gasteiger partial charge in [-0.05, 0) is 25.5 Å². The Labute approximate surface area is 111 Å². The van der Waals surface area contributed by atoms with E-state index in [9.17, 15) is 4.79 Å². The van der Waals surface area contributed by atoms with Crippen molar-refractivity contribution in [2.45, 2.75) is 13.3 Å². The van der Waals surface area contributed by atoms with E-state index < -0.39 is 0 Å². The van der Waals surface area contributed by atoms with Crippen molar-refractivity contribution in [1.29, 1.82) is 0 Å². The highest BCUT2D eigenvalue weighted by atomic mass is 16.5. The second kappa shape index (κ2) is 6.69. The Morgan fingerprint density at radius 1 is 1.47 bits per heavy atom. The Bertz CT molecular complexity index is 507. The van der Waals surface area contributed by atoms with Crippen molar-refractivity contribution < 1.29 is 9.53 Å². The van der Waals surface area contributed by atoms with E-state index in [-0.39, 0.29) is 12.0 Å². The molecular formula is C12H17N5O2. The summed E-state index contributed by atoms with van der Waals surface area (Å²) in [5.41, 5.74) is 0.689. The van der Waals surface area contributed by atoms with E-state index in [2.05, 4.69) is 20.7 Å². The third-order valence-corrected chi connectivity index (χ3v) is 2.42. The summed E-state index contributed by atoms with van der Waals surface area (Å²) in [6.07, 6.45) is 2.55. The van der Waals surface area contributed by atoms with Crippen LogP contribution >= 0.6 is 0 Å². The van der Waals surface area contributed by atoms with Crippen molar-refractivity contribution in [3.05, 3.63) is 24.4 Å². The first kappa shape index (κ1) is 13.3. The third-order valence-electron chi connectivity index (χ3n) is 2.42. The molecule has 2 heterocycles. The van der Waals surface area contributed by atoms with Crippen molar-refractivity contribution in [1.82, 2.24) is 19.9 Å². The number of nitrogens with zero attached hydrogens (tertiary/aromatic N) is 3. The number of amides is 2. The number of rotatable bonds is 6. The first-order chi connectivity index (χ1) is 9.29. The molecule has 0 aliphatic carbocycles. The Morgan fingerprint density at radius 2 is 2.37 bits per heavy atom. The second-order valence-corrected chi connectivity index (χ2v) is 3.87. The van der Waals surface area contributed by atoms with Crippen molar-refractivity contribution in [3.63, 3.8) is 0 Å². The van der Waals surface area contributed by atoms with Crippen LogP contribution in [0.25, 0.3) is 5.65 Å². The van der Waals surface area contributed by atoms with Crippen LogP contribution in [0.5, 0.6) is 0 Å². The lowest BCUT2D eigenvalue weighted by Crippen LogP contribution is -2.30.